The lowest BCUT2D eigenvalue weighted by molar-refractivity contribution is -0.384. The van der Waals surface area contributed by atoms with Crippen LogP contribution in [-0.4, -0.2) is 22.2 Å². The molecule has 1 amide bonds. The molecule has 0 aromatic heterocycles. The Bertz CT molecular complexity index is 1060. The molecular weight excluding hydrogens is 360 g/mol. The summed E-state index contributed by atoms with van der Waals surface area (Å²) < 4.78 is 0. The lowest BCUT2D eigenvalue weighted by atomic mass is 9.99. The number of aromatic hydroxyl groups is 1. The van der Waals surface area contributed by atoms with Gasteiger partial charge in [-0.15, -0.1) is 0 Å². The number of halogens is 1. The van der Waals surface area contributed by atoms with Crippen LogP contribution in [0.1, 0.15) is 20.7 Å². The van der Waals surface area contributed by atoms with Gasteiger partial charge in [-0.1, -0.05) is 35.9 Å². The van der Waals surface area contributed by atoms with E-state index in [0.717, 1.165) is 6.07 Å². The first-order valence-corrected chi connectivity index (χ1v) is 7.75. The van der Waals surface area contributed by atoms with Crippen molar-refractivity contribution in [3.05, 3.63) is 74.8 Å². The van der Waals surface area contributed by atoms with E-state index in [-0.39, 0.29) is 27.5 Å². The number of phenols is 1. The Balaban J connectivity index is 2.02. The summed E-state index contributed by atoms with van der Waals surface area (Å²) in [5, 5.41) is 24.6. The lowest BCUT2D eigenvalue weighted by Crippen LogP contribution is -2.13. The van der Waals surface area contributed by atoms with Crippen LogP contribution in [0.15, 0.2) is 48.5 Å². The highest BCUT2D eigenvalue weighted by Crippen LogP contribution is 2.32. The van der Waals surface area contributed by atoms with Crippen LogP contribution in [0, 0.1) is 10.1 Å². The fourth-order valence-corrected chi connectivity index (χ4v) is 2.79. The normalized spacial score (nSPS) is 10.5. The van der Waals surface area contributed by atoms with Crippen molar-refractivity contribution < 1.29 is 19.6 Å². The monoisotopic (exact) mass is 370 g/mol. The summed E-state index contributed by atoms with van der Waals surface area (Å²) in [5.41, 5.74) is -0.185. The van der Waals surface area contributed by atoms with Crippen LogP contribution < -0.4 is 5.32 Å². The van der Waals surface area contributed by atoms with E-state index in [1.807, 2.05) is 0 Å². The maximum Gasteiger partial charge on any atom is 0.271 e. The summed E-state index contributed by atoms with van der Waals surface area (Å²) in [5.74, 6) is -1.15. The number of aldehydes is 1. The quantitative estimate of drug-likeness (QED) is 0.407. The van der Waals surface area contributed by atoms with Crippen LogP contribution in [0.3, 0.4) is 0 Å². The summed E-state index contributed by atoms with van der Waals surface area (Å²) in [7, 11) is 0. The van der Waals surface area contributed by atoms with Gasteiger partial charge in [0.05, 0.1) is 26.8 Å². The molecule has 7 nitrogen and oxygen atoms in total. The van der Waals surface area contributed by atoms with Gasteiger partial charge in [0.1, 0.15) is 5.75 Å². The summed E-state index contributed by atoms with van der Waals surface area (Å²) in [6.07, 6.45) is 0.479. The molecule has 8 heteroatoms. The molecule has 3 aromatic carbocycles. The predicted octanol–water partition coefficient (Wildman–Crippen LogP) is 4.17. The zero-order chi connectivity index (χ0) is 18.8. The third kappa shape index (κ3) is 3.07. The molecule has 0 aliphatic rings. The number of hydrogen-bond acceptors (Lipinski definition) is 5. The van der Waals surface area contributed by atoms with Crippen molar-refractivity contribution in [1.29, 1.82) is 0 Å². The second-order valence-corrected chi connectivity index (χ2v) is 5.81. The van der Waals surface area contributed by atoms with E-state index in [1.165, 1.54) is 18.2 Å². The molecule has 3 rings (SSSR count). The number of nitrogens with zero attached hydrogens (tertiary/aromatic N) is 1. The average molecular weight is 371 g/mol. The van der Waals surface area contributed by atoms with Crippen molar-refractivity contribution in [2.75, 3.05) is 5.32 Å². The molecule has 0 unspecified atom stereocenters. The highest BCUT2D eigenvalue weighted by molar-refractivity contribution is 6.34. The molecule has 2 N–H and O–H groups in total. The summed E-state index contributed by atoms with van der Waals surface area (Å²) in [6, 6.07) is 11.9. The standard InChI is InChI=1S/C18H11ClN2O5/c19-15-8-11(21(25)26)5-6-16(15)20-18(24)13-7-10-3-1-2-4-12(10)14(9-22)17(13)23/h1-9,23H,(H,20,24). The molecule has 3 aromatic rings. The Kier molecular flexibility index (Phi) is 4.55. The molecule has 0 atom stereocenters. The minimum absolute atomic E-state index is 0.00282. The fraction of sp³-hybridized carbons (Fsp3) is 0. The van der Waals surface area contributed by atoms with E-state index in [4.69, 9.17) is 11.6 Å². The maximum absolute atomic E-state index is 12.5. The SMILES string of the molecule is O=Cc1c(O)c(C(=O)Nc2ccc([N+](=O)[O-])cc2Cl)cc2ccccc12. The van der Waals surface area contributed by atoms with Crippen LogP contribution in [0.2, 0.25) is 5.02 Å². The third-order valence-corrected chi connectivity index (χ3v) is 4.15. The van der Waals surface area contributed by atoms with Crippen molar-refractivity contribution in [3.63, 3.8) is 0 Å². The van der Waals surface area contributed by atoms with E-state index in [0.29, 0.717) is 17.1 Å². The van der Waals surface area contributed by atoms with Gasteiger partial charge in [0, 0.05) is 12.1 Å². The van der Waals surface area contributed by atoms with Crippen molar-refractivity contribution in [2.24, 2.45) is 0 Å². The van der Waals surface area contributed by atoms with Crippen LogP contribution in [0.25, 0.3) is 10.8 Å². The largest absolute Gasteiger partial charge is 0.506 e. The highest BCUT2D eigenvalue weighted by Gasteiger charge is 2.19. The predicted molar refractivity (Wildman–Crippen MR) is 97.1 cm³/mol. The molecule has 0 spiro atoms. The molecule has 0 fully saturated rings. The number of rotatable bonds is 4. The second-order valence-electron chi connectivity index (χ2n) is 5.40. The number of carbonyl (C=O) groups is 2. The first-order valence-electron chi connectivity index (χ1n) is 7.37. The Morgan fingerprint density at radius 1 is 1.19 bits per heavy atom. The highest BCUT2D eigenvalue weighted by atomic mass is 35.5. The second kappa shape index (κ2) is 6.81. The van der Waals surface area contributed by atoms with Crippen LogP contribution >= 0.6 is 11.6 Å². The van der Waals surface area contributed by atoms with Crippen LogP contribution in [0.5, 0.6) is 5.75 Å². The van der Waals surface area contributed by atoms with E-state index in [2.05, 4.69) is 5.32 Å². The molecule has 0 aliphatic carbocycles. The molecular formula is C18H11ClN2O5. The average Bonchev–Trinajstić information content (AvgIpc) is 2.62. The topological polar surface area (TPSA) is 110 Å². The van der Waals surface area contributed by atoms with Gasteiger partial charge >= 0.3 is 0 Å². The van der Waals surface area contributed by atoms with Gasteiger partial charge in [-0.3, -0.25) is 19.7 Å². The van der Waals surface area contributed by atoms with Crippen molar-refractivity contribution in [3.8, 4) is 5.75 Å². The third-order valence-electron chi connectivity index (χ3n) is 3.84. The Morgan fingerprint density at radius 2 is 1.92 bits per heavy atom. The van der Waals surface area contributed by atoms with E-state index < -0.39 is 16.6 Å². The Morgan fingerprint density at radius 3 is 2.58 bits per heavy atom. The summed E-state index contributed by atoms with van der Waals surface area (Å²) >= 11 is 5.96. The summed E-state index contributed by atoms with van der Waals surface area (Å²) in [6.45, 7) is 0. The van der Waals surface area contributed by atoms with Gasteiger partial charge in [0.2, 0.25) is 0 Å². The number of benzene rings is 3. The number of amides is 1. The Labute approximate surface area is 152 Å². The van der Waals surface area contributed by atoms with Gasteiger partial charge in [0.15, 0.2) is 6.29 Å². The number of nitro groups is 1. The van der Waals surface area contributed by atoms with Gasteiger partial charge in [-0.05, 0) is 22.9 Å². The van der Waals surface area contributed by atoms with Crippen LogP contribution in [-0.2, 0) is 0 Å². The van der Waals surface area contributed by atoms with Gasteiger partial charge in [0.25, 0.3) is 11.6 Å². The minimum atomic E-state index is -0.702. The number of nitro benzene ring substituents is 1. The van der Waals surface area contributed by atoms with Gasteiger partial charge in [-0.2, -0.15) is 0 Å². The smallest absolute Gasteiger partial charge is 0.271 e. The molecule has 0 radical (unpaired) electrons. The van der Waals surface area contributed by atoms with E-state index >= 15 is 0 Å². The minimum Gasteiger partial charge on any atom is -0.506 e. The zero-order valence-corrected chi connectivity index (χ0v) is 13.9. The molecule has 130 valence electrons. The summed E-state index contributed by atoms with van der Waals surface area (Å²) in [4.78, 5) is 34.0. The first kappa shape index (κ1) is 17.4. The zero-order valence-electron chi connectivity index (χ0n) is 13.1. The van der Waals surface area contributed by atoms with E-state index in [9.17, 15) is 24.8 Å². The fourth-order valence-electron chi connectivity index (χ4n) is 2.57. The number of anilines is 1. The first-order chi connectivity index (χ1) is 12.4. The number of carbonyl (C=O) groups excluding carboxylic acids is 2. The van der Waals surface area contributed by atoms with E-state index in [1.54, 1.807) is 24.3 Å². The molecule has 0 saturated heterocycles. The number of phenolic OH excluding ortho intramolecular Hbond substituents is 1. The van der Waals surface area contributed by atoms with Crippen molar-refractivity contribution >= 4 is 45.9 Å². The molecule has 0 heterocycles. The lowest BCUT2D eigenvalue weighted by Gasteiger charge is -2.11. The molecule has 26 heavy (non-hydrogen) atoms. The number of nitrogens with one attached hydrogen (secondary N) is 1. The van der Waals surface area contributed by atoms with Gasteiger partial charge < -0.3 is 10.4 Å². The van der Waals surface area contributed by atoms with Crippen molar-refractivity contribution in [2.45, 2.75) is 0 Å². The molecule has 0 bridgehead atoms. The van der Waals surface area contributed by atoms with Crippen molar-refractivity contribution in [1.82, 2.24) is 0 Å². The number of non-ortho nitro benzene ring substituents is 1. The molecule has 0 aliphatic heterocycles. The number of fused-ring (bicyclic) bond motifs is 1. The Hall–Kier alpha value is -3.45. The number of hydrogen-bond donors (Lipinski definition) is 2. The van der Waals surface area contributed by atoms with Gasteiger partial charge in [-0.25, -0.2) is 0 Å². The van der Waals surface area contributed by atoms with Crippen LogP contribution in [0.4, 0.5) is 11.4 Å². The molecule has 0 saturated carbocycles. The maximum atomic E-state index is 12.5.